The van der Waals surface area contributed by atoms with Crippen LogP contribution in [0.5, 0.6) is 0 Å². The van der Waals surface area contributed by atoms with E-state index in [0.29, 0.717) is 5.00 Å². The highest BCUT2D eigenvalue weighted by molar-refractivity contribution is 7.19. The number of likely N-dealkylation sites (tertiary alicyclic amines) is 1. The second-order valence-electron chi connectivity index (χ2n) is 5.03. The van der Waals surface area contributed by atoms with E-state index in [0.717, 1.165) is 30.8 Å². The van der Waals surface area contributed by atoms with Crippen molar-refractivity contribution in [2.24, 2.45) is 5.73 Å². The van der Waals surface area contributed by atoms with Crippen LogP contribution >= 0.6 is 11.3 Å². The molecule has 1 aliphatic heterocycles. The Kier molecular flexibility index (Phi) is 4.69. The molecule has 21 heavy (non-hydrogen) atoms. The summed E-state index contributed by atoms with van der Waals surface area (Å²) >= 11 is 1.12. The third-order valence-electron chi connectivity index (χ3n) is 3.38. The first-order valence-electron chi connectivity index (χ1n) is 6.78. The smallest absolute Gasteiger partial charge is 0.350 e. The molecule has 8 heteroatoms. The Morgan fingerprint density at radius 3 is 2.76 bits per heavy atom. The number of likely N-dealkylation sites (N-methyl/N-ethyl adjacent to an activating group) is 1. The van der Waals surface area contributed by atoms with E-state index < -0.39 is 11.9 Å². The molecule has 1 fully saturated rings. The van der Waals surface area contributed by atoms with Gasteiger partial charge in [0.15, 0.2) is 0 Å². The molecule has 0 bridgehead atoms. The van der Waals surface area contributed by atoms with E-state index in [1.807, 2.05) is 7.05 Å². The zero-order valence-electron chi connectivity index (χ0n) is 12.1. The minimum absolute atomic E-state index is 0.0970. The Morgan fingerprint density at radius 1 is 1.52 bits per heavy atom. The molecule has 1 aromatic heterocycles. The molecule has 0 aliphatic carbocycles. The topological polar surface area (TPSA) is 111 Å². The summed E-state index contributed by atoms with van der Waals surface area (Å²) in [5, 5.41) is 3.81. The molecule has 1 amide bonds. The number of esters is 1. The zero-order chi connectivity index (χ0) is 15.6. The predicted molar refractivity (Wildman–Crippen MR) is 82.7 cm³/mol. The first-order chi connectivity index (χ1) is 9.93. The zero-order valence-corrected chi connectivity index (χ0v) is 13.0. The standard InChI is InChI=1S/C13H20N4O3S/c1-3-20-13(19)10-9(14)8(11(15)18)12(21-10)16-7-4-5-17(2)6-7/h7,16H,3-6,14H2,1-2H3,(H2,15,18). The molecule has 1 aliphatic rings. The highest BCUT2D eigenvalue weighted by atomic mass is 32.1. The third-order valence-corrected chi connectivity index (χ3v) is 4.50. The molecule has 1 saturated heterocycles. The fourth-order valence-electron chi connectivity index (χ4n) is 2.38. The van der Waals surface area contributed by atoms with Gasteiger partial charge >= 0.3 is 5.97 Å². The van der Waals surface area contributed by atoms with Crippen LogP contribution in [-0.4, -0.2) is 49.6 Å². The van der Waals surface area contributed by atoms with E-state index in [2.05, 4.69) is 10.2 Å². The van der Waals surface area contributed by atoms with Crippen LogP contribution in [0.1, 0.15) is 33.4 Å². The molecule has 0 spiro atoms. The number of nitrogens with one attached hydrogen (secondary N) is 1. The van der Waals surface area contributed by atoms with Crippen LogP contribution in [0.25, 0.3) is 0 Å². The van der Waals surface area contributed by atoms with Gasteiger partial charge in [-0.1, -0.05) is 0 Å². The Hall–Kier alpha value is -1.80. The van der Waals surface area contributed by atoms with Crippen molar-refractivity contribution in [3.8, 4) is 0 Å². The fourth-order valence-corrected chi connectivity index (χ4v) is 3.47. The number of rotatable bonds is 5. The number of thiophene rings is 1. The van der Waals surface area contributed by atoms with E-state index in [9.17, 15) is 9.59 Å². The van der Waals surface area contributed by atoms with E-state index in [1.165, 1.54) is 0 Å². The Balaban J connectivity index is 2.29. The van der Waals surface area contributed by atoms with Gasteiger partial charge in [-0.05, 0) is 26.9 Å². The van der Waals surface area contributed by atoms with E-state index >= 15 is 0 Å². The van der Waals surface area contributed by atoms with Crippen LogP contribution in [0.4, 0.5) is 10.7 Å². The molecular weight excluding hydrogens is 292 g/mol. The summed E-state index contributed by atoms with van der Waals surface area (Å²) in [5.74, 6) is -1.17. The fraction of sp³-hybridized carbons (Fsp3) is 0.538. The lowest BCUT2D eigenvalue weighted by Gasteiger charge is -2.13. The molecular formula is C13H20N4O3S. The average molecular weight is 312 g/mol. The molecule has 0 aromatic carbocycles. The minimum Gasteiger partial charge on any atom is -0.462 e. The average Bonchev–Trinajstić information content (AvgIpc) is 2.94. The van der Waals surface area contributed by atoms with Crippen LogP contribution in [-0.2, 0) is 4.74 Å². The van der Waals surface area contributed by atoms with Crippen LogP contribution in [0.2, 0.25) is 0 Å². The van der Waals surface area contributed by atoms with Gasteiger partial charge in [-0.2, -0.15) is 0 Å². The first kappa shape index (κ1) is 15.6. The van der Waals surface area contributed by atoms with Crippen molar-refractivity contribution >= 4 is 33.9 Å². The van der Waals surface area contributed by atoms with Crippen molar-refractivity contribution in [1.82, 2.24) is 4.90 Å². The molecule has 1 unspecified atom stereocenters. The third kappa shape index (κ3) is 3.27. The van der Waals surface area contributed by atoms with Gasteiger partial charge < -0.3 is 26.4 Å². The van der Waals surface area contributed by atoms with Gasteiger partial charge in [0.2, 0.25) is 0 Å². The van der Waals surface area contributed by atoms with Gasteiger partial charge in [0, 0.05) is 12.6 Å². The predicted octanol–water partition coefficient (Wildman–Crippen LogP) is 0.722. The SMILES string of the molecule is CCOC(=O)c1sc(NC2CCN(C)C2)c(C(N)=O)c1N. The molecule has 0 radical (unpaired) electrons. The lowest BCUT2D eigenvalue weighted by Crippen LogP contribution is -2.24. The number of anilines is 2. The quantitative estimate of drug-likeness (QED) is 0.691. The largest absolute Gasteiger partial charge is 0.462 e. The van der Waals surface area contributed by atoms with Gasteiger partial charge in [0.1, 0.15) is 9.88 Å². The second kappa shape index (κ2) is 6.31. The Bertz CT molecular complexity index is 558. The molecule has 5 N–H and O–H groups in total. The summed E-state index contributed by atoms with van der Waals surface area (Å²) in [6.07, 6.45) is 0.960. The summed E-state index contributed by atoms with van der Waals surface area (Å²) in [6.45, 7) is 3.81. The maximum atomic E-state index is 11.9. The molecule has 1 aromatic rings. The number of carbonyl (C=O) groups excluding carboxylic acids is 2. The summed E-state index contributed by atoms with van der Waals surface area (Å²) in [5.41, 5.74) is 11.6. The summed E-state index contributed by atoms with van der Waals surface area (Å²) < 4.78 is 4.95. The summed E-state index contributed by atoms with van der Waals surface area (Å²) in [6, 6.07) is 0.209. The van der Waals surface area contributed by atoms with Gasteiger partial charge in [0.25, 0.3) is 5.91 Å². The number of amides is 1. The number of hydrogen-bond donors (Lipinski definition) is 3. The van der Waals surface area contributed by atoms with E-state index in [4.69, 9.17) is 16.2 Å². The summed E-state index contributed by atoms with van der Waals surface area (Å²) in [7, 11) is 2.03. The molecule has 7 nitrogen and oxygen atoms in total. The summed E-state index contributed by atoms with van der Waals surface area (Å²) in [4.78, 5) is 25.9. The number of nitrogen functional groups attached to an aromatic ring is 1. The molecule has 2 heterocycles. The van der Waals surface area contributed by atoms with Crippen molar-refractivity contribution in [2.45, 2.75) is 19.4 Å². The van der Waals surface area contributed by atoms with Crippen LogP contribution < -0.4 is 16.8 Å². The number of primary amides is 1. The van der Waals surface area contributed by atoms with Gasteiger partial charge in [-0.3, -0.25) is 4.79 Å². The number of ether oxygens (including phenoxy) is 1. The number of nitrogens with two attached hydrogens (primary N) is 2. The van der Waals surface area contributed by atoms with Crippen molar-refractivity contribution in [1.29, 1.82) is 0 Å². The Labute approximate surface area is 127 Å². The normalized spacial score (nSPS) is 18.7. The van der Waals surface area contributed by atoms with Gasteiger partial charge in [0.05, 0.1) is 17.9 Å². The van der Waals surface area contributed by atoms with Gasteiger partial charge in [-0.25, -0.2) is 4.79 Å². The van der Waals surface area contributed by atoms with Crippen LogP contribution in [0.3, 0.4) is 0 Å². The number of hydrogen-bond acceptors (Lipinski definition) is 7. The molecule has 1 atom stereocenters. The minimum atomic E-state index is -0.645. The lowest BCUT2D eigenvalue weighted by atomic mass is 10.2. The van der Waals surface area contributed by atoms with Crippen LogP contribution in [0.15, 0.2) is 0 Å². The maximum Gasteiger partial charge on any atom is 0.350 e. The van der Waals surface area contributed by atoms with E-state index in [1.54, 1.807) is 6.92 Å². The van der Waals surface area contributed by atoms with E-state index in [-0.39, 0.29) is 28.8 Å². The number of carbonyl (C=O) groups is 2. The van der Waals surface area contributed by atoms with Gasteiger partial charge in [-0.15, -0.1) is 11.3 Å². The monoisotopic (exact) mass is 312 g/mol. The van der Waals surface area contributed by atoms with Crippen molar-refractivity contribution < 1.29 is 14.3 Å². The molecule has 2 rings (SSSR count). The van der Waals surface area contributed by atoms with Crippen LogP contribution in [0, 0.1) is 0 Å². The highest BCUT2D eigenvalue weighted by Crippen LogP contribution is 2.37. The second-order valence-corrected chi connectivity index (χ2v) is 6.05. The van der Waals surface area contributed by atoms with Crippen molar-refractivity contribution in [3.63, 3.8) is 0 Å². The molecule has 0 saturated carbocycles. The van der Waals surface area contributed by atoms with Crippen molar-refractivity contribution in [3.05, 3.63) is 10.4 Å². The Morgan fingerprint density at radius 2 is 2.24 bits per heavy atom. The lowest BCUT2D eigenvalue weighted by molar-refractivity contribution is 0.0533. The highest BCUT2D eigenvalue weighted by Gasteiger charge is 2.28. The number of nitrogens with zero attached hydrogens (tertiary/aromatic N) is 1. The first-order valence-corrected chi connectivity index (χ1v) is 7.60. The van der Waals surface area contributed by atoms with Crippen molar-refractivity contribution in [2.75, 3.05) is 37.8 Å². The maximum absolute atomic E-state index is 11.9. The molecule has 116 valence electrons.